The van der Waals surface area contributed by atoms with Gasteiger partial charge in [0, 0.05) is 5.69 Å². The number of aliphatic carboxylic acids is 1. The molecule has 7 heteroatoms. The summed E-state index contributed by atoms with van der Waals surface area (Å²) in [5.41, 5.74) is 0.411. The maximum absolute atomic E-state index is 12.0. The summed E-state index contributed by atoms with van der Waals surface area (Å²) in [6, 6.07) is 7.43. The van der Waals surface area contributed by atoms with Gasteiger partial charge >= 0.3 is 5.97 Å². The lowest BCUT2D eigenvalue weighted by Gasteiger charge is -2.23. The molecule has 0 aliphatic heterocycles. The van der Waals surface area contributed by atoms with E-state index in [0.717, 1.165) is 17.3 Å². The monoisotopic (exact) mass is 338 g/mol. The van der Waals surface area contributed by atoms with Gasteiger partial charge in [-0.3, -0.25) is 9.59 Å². The fourth-order valence-electron chi connectivity index (χ4n) is 1.66. The third kappa shape index (κ3) is 6.32. The van der Waals surface area contributed by atoms with Crippen LogP contribution >= 0.6 is 11.8 Å². The normalized spacial score (nSPS) is 12.3. The molecular formula is C16H22N2O4S. The third-order valence-electron chi connectivity index (χ3n) is 3.11. The molecule has 1 unspecified atom stereocenters. The van der Waals surface area contributed by atoms with Crippen LogP contribution in [-0.2, 0) is 14.4 Å². The number of nitrogens with one attached hydrogen (secondary N) is 2. The van der Waals surface area contributed by atoms with E-state index in [1.165, 1.54) is 13.8 Å². The van der Waals surface area contributed by atoms with Gasteiger partial charge in [-0.2, -0.15) is 0 Å². The Hall–Kier alpha value is -2.02. The second-order valence-electron chi connectivity index (χ2n) is 5.79. The number of anilines is 1. The van der Waals surface area contributed by atoms with E-state index in [4.69, 9.17) is 5.11 Å². The number of hydrogen-bond acceptors (Lipinski definition) is 4. The minimum atomic E-state index is -1.34. The Labute approximate surface area is 140 Å². The van der Waals surface area contributed by atoms with Crippen molar-refractivity contribution in [2.75, 3.05) is 11.1 Å². The van der Waals surface area contributed by atoms with E-state index in [1.54, 1.807) is 13.0 Å². The lowest BCUT2D eigenvalue weighted by Crippen LogP contribution is -2.51. The number of carboxylic acids is 1. The van der Waals surface area contributed by atoms with Gasteiger partial charge in [0.15, 0.2) is 0 Å². The average molecular weight is 338 g/mol. The summed E-state index contributed by atoms with van der Waals surface area (Å²) in [5.74, 6) is -1.63. The van der Waals surface area contributed by atoms with Crippen molar-refractivity contribution in [3.8, 4) is 0 Å². The first-order chi connectivity index (χ1) is 10.6. The highest BCUT2D eigenvalue weighted by Gasteiger charge is 2.30. The third-order valence-corrected chi connectivity index (χ3v) is 4.25. The first kappa shape index (κ1) is 19.0. The smallest absolute Gasteiger partial charge is 0.328 e. The van der Waals surface area contributed by atoms with Crippen molar-refractivity contribution >= 4 is 35.2 Å². The van der Waals surface area contributed by atoms with Crippen LogP contribution < -0.4 is 10.6 Å². The predicted octanol–water partition coefficient (Wildman–Crippen LogP) is 2.03. The van der Waals surface area contributed by atoms with Gasteiger partial charge < -0.3 is 15.7 Å². The number of rotatable bonds is 7. The van der Waals surface area contributed by atoms with E-state index in [9.17, 15) is 14.4 Å². The molecule has 0 saturated carbocycles. The van der Waals surface area contributed by atoms with Crippen molar-refractivity contribution in [2.24, 2.45) is 0 Å². The summed E-state index contributed by atoms with van der Waals surface area (Å²) in [6.07, 6.45) is 0. The van der Waals surface area contributed by atoms with Gasteiger partial charge in [0.25, 0.3) is 0 Å². The van der Waals surface area contributed by atoms with Gasteiger partial charge in [-0.05, 0) is 45.4 Å². The van der Waals surface area contributed by atoms with Crippen LogP contribution in [0.4, 0.5) is 5.69 Å². The molecule has 0 saturated heterocycles. The SMILES string of the molecule is Cc1cccc(NC(=O)CSC(C)C(=O)NC(C)(C)C(=O)O)c1. The van der Waals surface area contributed by atoms with Crippen LogP contribution in [0.1, 0.15) is 26.3 Å². The molecule has 1 atom stereocenters. The summed E-state index contributed by atoms with van der Waals surface area (Å²) >= 11 is 1.15. The molecular weight excluding hydrogens is 316 g/mol. The number of carbonyl (C=O) groups is 3. The summed E-state index contributed by atoms with van der Waals surface area (Å²) in [6.45, 7) is 6.39. The van der Waals surface area contributed by atoms with E-state index < -0.39 is 22.7 Å². The zero-order chi connectivity index (χ0) is 17.6. The van der Waals surface area contributed by atoms with Crippen LogP contribution in [0.3, 0.4) is 0 Å². The Morgan fingerprint density at radius 1 is 1.30 bits per heavy atom. The maximum atomic E-state index is 12.0. The van der Waals surface area contributed by atoms with Gasteiger partial charge in [-0.15, -0.1) is 11.8 Å². The van der Waals surface area contributed by atoms with Gasteiger partial charge in [0.05, 0.1) is 11.0 Å². The Bertz CT molecular complexity index is 601. The fraction of sp³-hybridized carbons (Fsp3) is 0.438. The average Bonchev–Trinajstić information content (AvgIpc) is 2.44. The molecule has 0 aliphatic carbocycles. The molecule has 1 aromatic carbocycles. The minimum Gasteiger partial charge on any atom is -0.480 e. The van der Waals surface area contributed by atoms with E-state index in [2.05, 4.69) is 10.6 Å². The zero-order valence-electron chi connectivity index (χ0n) is 13.7. The highest BCUT2D eigenvalue weighted by molar-refractivity contribution is 8.01. The summed E-state index contributed by atoms with van der Waals surface area (Å²) < 4.78 is 0. The maximum Gasteiger partial charge on any atom is 0.328 e. The Kier molecular flexibility index (Phi) is 6.62. The standard InChI is InChI=1S/C16H22N2O4S/c1-10-6-5-7-12(8-10)17-13(19)9-23-11(2)14(20)18-16(3,4)15(21)22/h5-8,11H,9H2,1-4H3,(H,17,19)(H,18,20)(H,21,22). The number of amides is 2. The molecule has 0 fully saturated rings. The van der Waals surface area contributed by atoms with Crippen molar-refractivity contribution in [2.45, 2.75) is 38.5 Å². The largest absolute Gasteiger partial charge is 0.480 e. The molecule has 0 heterocycles. The lowest BCUT2D eigenvalue weighted by atomic mass is 10.1. The second kappa shape index (κ2) is 8.01. The number of carboxylic acid groups (broad SMARTS) is 1. The molecule has 1 aromatic rings. The van der Waals surface area contributed by atoms with Crippen LogP contribution in [0.25, 0.3) is 0 Å². The molecule has 0 spiro atoms. The van der Waals surface area contributed by atoms with Crippen molar-refractivity contribution in [1.29, 1.82) is 0 Å². The molecule has 126 valence electrons. The topological polar surface area (TPSA) is 95.5 Å². The van der Waals surface area contributed by atoms with Crippen LogP contribution in [0, 0.1) is 6.92 Å². The van der Waals surface area contributed by atoms with Crippen molar-refractivity contribution in [1.82, 2.24) is 5.32 Å². The molecule has 0 aliphatic rings. The van der Waals surface area contributed by atoms with Gasteiger partial charge in [-0.25, -0.2) is 4.79 Å². The quantitative estimate of drug-likeness (QED) is 0.707. The molecule has 0 bridgehead atoms. The summed E-state index contributed by atoms with van der Waals surface area (Å²) in [7, 11) is 0. The zero-order valence-corrected chi connectivity index (χ0v) is 14.5. The second-order valence-corrected chi connectivity index (χ2v) is 7.12. The van der Waals surface area contributed by atoms with E-state index in [-0.39, 0.29) is 11.7 Å². The Balaban J connectivity index is 2.46. The first-order valence-corrected chi connectivity index (χ1v) is 8.20. The van der Waals surface area contributed by atoms with Crippen LogP contribution in [0.5, 0.6) is 0 Å². The molecule has 3 N–H and O–H groups in total. The molecule has 1 rings (SSSR count). The highest BCUT2D eigenvalue weighted by Crippen LogP contribution is 2.15. The van der Waals surface area contributed by atoms with E-state index >= 15 is 0 Å². The van der Waals surface area contributed by atoms with Gasteiger partial charge in [0.2, 0.25) is 11.8 Å². The molecule has 6 nitrogen and oxygen atoms in total. The summed E-state index contributed by atoms with van der Waals surface area (Å²) in [4.78, 5) is 34.8. The van der Waals surface area contributed by atoms with Crippen molar-refractivity contribution < 1.29 is 19.5 Å². The highest BCUT2D eigenvalue weighted by atomic mass is 32.2. The van der Waals surface area contributed by atoms with E-state index in [1.807, 2.05) is 25.1 Å². The van der Waals surface area contributed by atoms with Crippen LogP contribution in [-0.4, -0.2) is 39.4 Å². The lowest BCUT2D eigenvalue weighted by molar-refractivity contribution is -0.145. The molecule has 2 amide bonds. The first-order valence-electron chi connectivity index (χ1n) is 7.15. The fourth-order valence-corrected chi connectivity index (χ4v) is 2.34. The van der Waals surface area contributed by atoms with Crippen molar-refractivity contribution in [3.05, 3.63) is 29.8 Å². The number of thioether (sulfide) groups is 1. The number of hydrogen-bond donors (Lipinski definition) is 3. The van der Waals surface area contributed by atoms with Crippen LogP contribution in [0.15, 0.2) is 24.3 Å². The van der Waals surface area contributed by atoms with Crippen molar-refractivity contribution in [3.63, 3.8) is 0 Å². The molecule has 23 heavy (non-hydrogen) atoms. The summed E-state index contributed by atoms with van der Waals surface area (Å²) in [5, 5.41) is 13.7. The Morgan fingerprint density at radius 2 is 1.96 bits per heavy atom. The van der Waals surface area contributed by atoms with E-state index in [0.29, 0.717) is 5.69 Å². The number of benzene rings is 1. The van der Waals surface area contributed by atoms with Gasteiger partial charge in [-0.1, -0.05) is 12.1 Å². The predicted molar refractivity (Wildman–Crippen MR) is 91.6 cm³/mol. The molecule has 0 radical (unpaired) electrons. The van der Waals surface area contributed by atoms with Crippen LogP contribution in [0.2, 0.25) is 0 Å². The molecule has 0 aromatic heterocycles. The Morgan fingerprint density at radius 3 is 2.52 bits per heavy atom. The number of aryl methyl sites for hydroxylation is 1. The van der Waals surface area contributed by atoms with Gasteiger partial charge in [0.1, 0.15) is 5.54 Å². The number of carbonyl (C=O) groups excluding carboxylic acids is 2. The minimum absolute atomic E-state index is 0.107.